The number of aromatic nitrogens is 2. The number of carbonyl (C=O) groups is 2. The van der Waals surface area contributed by atoms with Gasteiger partial charge in [0.1, 0.15) is 15.5 Å². The van der Waals surface area contributed by atoms with Crippen LogP contribution in [0, 0.1) is 6.92 Å². The van der Waals surface area contributed by atoms with Crippen LogP contribution in [0.25, 0.3) is 10.2 Å². The lowest BCUT2D eigenvalue weighted by molar-refractivity contribution is -0.124. The van der Waals surface area contributed by atoms with E-state index in [1.54, 1.807) is 11.5 Å². The average molecular weight is 411 g/mol. The summed E-state index contributed by atoms with van der Waals surface area (Å²) in [6, 6.07) is 9.81. The van der Waals surface area contributed by atoms with E-state index in [1.165, 1.54) is 0 Å². The van der Waals surface area contributed by atoms with Crippen molar-refractivity contribution >= 4 is 33.4 Å². The van der Waals surface area contributed by atoms with Crippen molar-refractivity contribution in [1.82, 2.24) is 14.9 Å². The molecule has 4 rings (SSSR count). The first-order valence-corrected chi connectivity index (χ1v) is 10.4. The summed E-state index contributed by atoms with van der Waals surface area (Å²) in [5, 5.41) is 3.21. The Morgan fingerprint density at radius 3 is 2.86 bits per heavy atom. The van der Waals surface area contributed by atoms with E-state index in [2.05, 4.69) is 10.3 Å². The van der Waals surface area contributed by atoms with Gasteiger partial charge < -0.3 is 10.1 Å². The number of aryl methyl sites for hydroxylation is 2. The molecule has 3 heterocycles. The number of rotatable bonds is 6. The molecule has 1 aliphatic rings. The van der Waals surface area contributed by atoms with Crippen LogP contribution in [-0.2, 0) is 28.9 Å². The van der Waals surface area contributed by atoms with Crippen molar-refractivity contribution in [2.45, 2.75) is 32.7 Å². The van der Waals surface area contributed by atoms with Crippen molar-refractivity contribution in [3.05, 3.63) is 62.5 Å². The Labute approximate surface area is 171 Å². The van der Waals surface area contributed by atoms with Gasteiger partial charge in [-0.3, -0.25) is 14.2 Å². The topological polar surface area (TPSA) is 90.3 Å². The number of thiophene rings is 1. The van der Waals surface area contributed by atoms with Crippen LogP contribution in [0.3, 0.4) is 0 Å². The van der Waals surface area contributed by atoms with E-state index < -0.39 is 5.97 Å². The smallest absolute Gasteiger partial charge is 0.349 e. The maximum absolute atomic E-state index is 12.7. The molecule has 3 aromatic rings. The third kappa shape index (κ3) is 3.93. The highest BCUT2D eigenvalue weighted by atomic mass is 32.1. The van der Waals surface area contributed by atoms with Gasteiger partial charge >= 0.3 is 5.97 Å². The molecular formula is C21H21N3O4S. The van der Waals surface area contributed by atoms with Gasteiger partial charge in [0, 0.05) is 19.5 Å². The summed E-state index contributed by atoms with van der Waals surface area (Å²) in [5.74, 6) is -0.194. The molecule has 1 N–H and O–H groups in total. The lowest BCUT2D eigenvalue weighted by Gasteiger charge is -2.06. The minimum Gasteiger partial charge on any atom is -0.451 e. The minimum absolute atomic E-state index is 0.103. The van der Waals surface area contributed by atoms with Crippen LogP contribution in [0.4, 0.5) is 0 Å². The van der Waals surface area contributed by atoms with E-state index in [0.717, 1.165) is 35.6 Å². The number of fused-ring (bicyclic) bond motifs is 2. The van der Waals surface area contributed by atoms with Crippen LogP contribution in [0.2, 0.25) is 0 Å². The van der Waals surface area contributed by atoms with Gasteiger partial charge in [0.2, 0.25) is 0 Å². The van der Waals surface area contributed by atoms with Crippen LogP contribution < -0.4 is 10.9 Å². The van der Waals surface area contributed by atoms with E-state index in [0.29, 0.717) is 40.2 Å². The van der Waals surface area contributed by atoms with Crippen molar-refractivity contribution in [3.8, 4) is 0 Å². The molecule has 1 aromatic carbocycles. The van der Waals surface area contributed by atoms with Gasteiger partial charge in [-0.1, -0.05) is 30.3 Å². The number of hydrogen-bond donors (Lipinski definition) is 1. The minimum atomic E-state index is -0.603. The summed E-state index contributed by atoms with van der Waals surface area (Å²) >= 11 is 1.15. The van der Waals surface area contributed by atoms with Crippen molar-refractivity contribution < 1.29 is 14.3 Å². The molecule has 0 bridgehead atoms. The molecule has 0 aliphatic carbocycles. The molecule has 0 fully saturated rings. The first-order chi connectivity index (χ1) is 14.0. The second-order valence-electron chi connectivity index (χ2n) is 6.99. The van der Waals surface area contributed by atoms with E-state index in [4.69, 9.17) is 4.74 Å². The number of hydrogen-bond acceptors (Lipinski definition) is 6. The van der Waals surface area contributed by atoms with Gasteiger partial charge in [0.25, 0.3) is 11.5 Å². The number of benzene rings is 1. The Balaban J connectivity index is 1.38. The zero-order chi connectivity index (χ0) is 20.4. The van der Waals surface area contributed by atoms with Gasteiger partial charge in [-0.2, -0.15) is 0 Å². The summed E-state index contributed by atoms with van der Waals surface area (Å²) in [6.07, 6.45) is 2.38. The number of nitrogens with one attached hydrogen (secondary N) is 1. The maximum Gasteiger partial charge on any atom is 0.349 e. The fourth-order valence-electron chi connectivity index (χ4n) is 3.51. The SMILES string of the molecule is Cc1c(C(=O)OCC(=O)NCCc2ccccc2)sc2nc3n(c(=O)c12)CCC3. The molecule has 0 atom stereocenters. The summed E-state index contributed by atoms with van der Waals surface area (Å²) in [5.41, 5.74) is 1.59. The second kappa shape index (κ2) is 8.16. The van der Waals surface area contributed by atoms with Gasteiger partial charge in [-0.05, 0) is 30.9 Å². The van der Waals surface area contributed by atoms with Crippen LogP contribution >= 0.6 is 11.3 Å². The first-order valence-electron chi connectivity index (χ1n) is 9.55. The van der Waals surface area contributed by atoms with Crippen molar-refractivity contribution in [3.63, 3.8) is 0 Å². The lowest BCUT2D eigenvalue weighted by Crippen LogP contribution is -2.30. The van der Waals surface area contributed by atoms with Crippen LogP contribution in [0.15, 0.2) is 35.1 Å². The third-order valence-electron chi connectivity index (χ3n) is 5.01. The highest BCUT2D eigenvalue weighted by Gasteiger charge is 2.24. The first kappa shape index (κ1) is 19.3. The van der Waals surface area contributed by atoms with E-state index >= 15 is 0 Å². The number of ether oxygens (including phenoxy) is 1. The van der Waals surface area contributed by atoms with Crippen molar-refractivity contribution in [2.24, 2.45) is 0 Å². The molecule has 0 saturated carbocycles. The van der Waals surface area contributed by atoms with Gasteiger partial charge in [-0.15, -0.1) is 11.3 Å². The Kier molecular flexibility index (Phi) is 5.44. The molecule has 7 nitrogen and oxygen atoms in total. The molecule has 0 unspecified atom stereocenters. The monoisotopic (exact) mass is 411 g/mol. The van der Waals surface area contributed by atoms with E-state index in [1.807, 2.05) is 30.3 Å². The fourth-order valence-corrected chi connectivity index (χ4v) is 4.59. The van der Waals surface area contributed by atoms with Crippen LogP contribution in [-0.4, -0.2) is 34.6 Å². The predicted octanol–water partition coefficient (Wildman–Crippen LogP) is 2.23. The fraction of sp³-hybridized carbons (Fsp3) is 0.333. The summed E-state index contributed by atoms with van der Waals surface area (Å²) in [4.78, 5) is 42.5. The summed E-state index contributed by atoms with van der Waals surface area (Å²) in [7, 11) is 0. The Hall–Kier alpha value is -3.00. The normalized spacial score (nSPS) is 12.7. The van der Waals surface area contributed by atoms with Gasteiger partial charge in [-0.25, -0.2) is 9.78 Å². The summed E-state index contributed by atoms with van der Waals surface area (Å²) in [6.45, 7) is 2.49. The Morgan fingerprint density at radius 1 is 1.28 bits per heavy atom. The third-order valence-corrected chi connectivity index (χ3v) is 6.18. The number of nitrogens with zero attached hydrogens (tertiary/aromatic N) is 2. The maximum atomic E-state index is 12.7. The number of carbonyl (C=O) groups excluding carboxylic acids is 2. The highest BCUT2D eigenvalue weighted by molar-refractivity contribution is 7.20. The zero-order valence-electron chi connectivity index (χ0n) is 16.1. The van der Waals surface area contributed by atoms with Crippen LogP contribution in [0.1, 0.15) is 33.0 Å². The molecule has 0 radical (unpaired) electrons. The van der Waals surface area contributed by atoms with Gasteiger partial charge in [0.15, 0.2) is 6.61 Å². The van der Waals surface area contributed by atoms with Gasteiger partial charge in [0.05, 0.1) is 5.39 Å². The van der Waals surface area contributed by atoms with E-state index in [-0.39, 0.29) is 18.1 Å². The molecule has 1 aliphatic heterocycles. The quantitative estimate of drug-likeness (QED) is 0.628. The molecule has 150 valence electrons. The molecule has 29 heavy (non-hydrogen) atoms. The number of amides is 1. The highest BCUT2D eigenvalue weighted by Crippen LogP contribution is 2.29. The zero-order valence-corrected chi connectivity index (χ0v) is 16.9. The standard InChI is InChI=1S/C21H21N3O4S/c1-13-17-19(23-15-8-5-11-24(15)20(17)26)29-18(13)21(27)28-12-16(25)22-10-9-14-6-3-2-4-7-14/h2-4,6-7H,5,8-12H2,1H3,(H,22,25). The largest absolute Gasteiger partial charge is 0.451 e. The van der Waals surface area contributed by atoms with Crippen molar-refractivity contribution in [2.75, 3.05) is 13.2 Å². The predicted molar refractivity (Wildman–Crippen MR) is 110 cm³/mol. The second-order valence-corrected chi connectivity index (χ2v) is 7.99. The lowest BCUT2D eigenvalue weighted by atomic mass is 10.1. The number of esters is 1. The summed E-state index contributed by atoms with van der Waals surface area (Å²) < 4.78 is 6.84. The Bertz CT molecular complexity index is 1130. The van der Waals surface area contributed by atoms with E-state index in [9.17, 15) is 14.4 Å². The molecule has 8 heteroatoms. The van der Waals surface area contributed by atoms with Crippen molar-refractivity contribution in [1.29, 1.82) is 0 Å². The molecule has 2 aromatic heterocycles. The average Bonchev–Trinajstić information content (AvgIpc) is 3.32. The molecule has 1 amide bonds. The molecule has 0 spiro atoms. The molecular weight excluding hydrogens is 390 g/mol. The Morgan fingerprint density at radius 2 is 2.07 bits per heavy atom. The van der Waals surface area contributed by atoms with Crippen LogP contribution in [0.5, 0.6) is 0 Å². The molecule has 0 saturated heterocycles.